The van der Waals surface area contributed by atoms with E-state index in [2.05, 4.69) is 21.3 Å². The normalized spacial score (nSPS) is 11.2. The lowest BCUT2D eigenvalue weighted by Crippen LogP contribution is -2.39. The van der Waals surface area contributed by atoms with E-state index in [1.165, 1.54) is 0 Å². The molecular formula is C31H36N4O5. The van der Waals surface area contributed by atoms with Crippen molar-refractivity contribution in [2.75, 3.05) is 13.1 Å². The first-order valence-corrected chi connectivity index (χ1v) is 13.3. The number of rotatable bonds is 14. The molecule has 1 atom stereocenters. The molecule has 5 N–H and O–H groups in total. The van der Waals surface area contributed by atoms with Crippen molar-refractivity contribution in [1.29, 1.82) is 0 Å². The van der Waals surface area contributed by atoms with Crippen LogP contribution in [0.25, 0.3) is 11.1 Å². The lowest BCUT2D eigenvalue weighted by molar-refractivity contribution is -0.138. The Morgan fingerprint density at radius 1 is 0.750 bits per heavy atom. The Bertz CT molecular complexity index is 1280. The van der Waals surface area contributed by atoms with E-state index in [1.54, 1.807) is 12.1 Å². The number of carboxylic acids is 1. The number of amides is 4. The predicted molar refractivity (Wildman–Crippen MR) is 153 cm³/mol. The highest BCUT2D eigenvalue weighted by Gasteiger charge is 2.18. The highest BCUT2D eigenvalue weighted by atomic mass is 16.4. The summed E-state index contributed by atoms with van der Waals surface area (Å²) in [5.41, 5.74) is 4.84. The van der Waals surface area contributed by atoms with Gasteiger partial charge in [0.1, 0.15) is 0 Å². The summed E-state index contributed by atoms with van der Waals surface area (Å²) in [6.07, 6.45) is 1.08. The molecule has 3 aromatic carbocycles. The van der Waals surface area contributed by atoms with Crippen LogP contribution in [-0.4, -0.2) is 42.0 Å². The minimum absolute atomic E-state index is 0.208. The number of carbonyl (C=O) groups excluding carboxylic acids is 3. The molecule has 3 aromatic rings. The number of benzene rings is 3. The second-order valence-corrected chi connectivity index (χ2v) is 9.48. The SMILES string of the molecule is Cc1ccccc1CNC(=O)NCCCCC(=O)NCC(=O)NC(CC(=O)O)c1ccc(-c2ccccc2)cc1. The van der Waals surface area contributed by atoms with Crippen LogP contribution in [0, 0.1) is 6.92 Å². The van der Waals surface area contributed by atoms with E-state index in [0.29, 0.717) is 31.5 Å². The van der Waals surface area contributed by atoms with Gasteiger partial charge in [-0.1, -0.05) is 78.9 Å². The molecular weight excluding hydrogens is 508 g/mol. The van der Waals surface area contributed by atoms with E-state index in [4.69, 9.17) is 0 Å². The highest BCUT2D eigenvalue weighted by molar-refractivity contribution is 5.85. The molecule has 4 amide bonds. The average Bonchev–Trinajstić information content (AvgIpc) is 2.95. The van der Waals surface area contributed by atoms with Crippen molar-refractivity contribution in [3.63, 3.8) is 0 Å². The summed E-state index contributed by atoms with van der Waals surface area (Å²) in [4.78, 5) is 48.0. The van der Waals surface area contributed by atoms with Crippen molar-refractivity contribution in [3.8, 4) is 11.1 Å². The van der Waals surface area contributed by atoms with Crippen LogP contribution in [0.4, 0.5) is 4.79 Å². The summed E-state index contributed by atoms with van der Waals surface area (Å²) in [5, 5.41) is 20.2. The number of urea groups is 1. The van der Waals surface area contributed by atoms with Gasteiger partial charge in [-0.05, 0) is 47.6 Å². The van der Waals surface area contributed by atoms with E-state index in [9.17, 15) is 24.3 Å². The highest BCUT2D eigenvalue weighted by Crippen LogP contribution is 2.23. The summed E-state index contributed by atoms with van der Waals surface area (Å²) in [6, 6.07) is 24.0. The lowest BCUT2D eigenvalue weighted by atomic mass is 9.99. The Morgan fingerprint density at radius 3 is 2.12 bits per heavy atom. The van der Waals surface area contributed by atoms with Crippen LogP contribution >= 0.6 is 0 Å². The van der Waals surface area contributed by atoms with Gasteiger partial charge in [-0.25, -0.2) is 4.79 Å². The summed E-state index contributed by atoms with van der Waals surface area (Å²) < 4.78 is 0. The smallest absolute Gasteiger partial charge is 0.315 e. The van der Waals surface area contributed by atoms with Crippen LogP contribution in [0.5, 0.6) is 0 Å². The van der Waals surface area contributed by atoms with Gasteiger partial charge in [0.25, 0.3) is 0 Å². The molecule has 0 aliphatic carbocycles. The van der Waals surface area contributed by atoms with Crippen molar-refractivity contribution in [1.82, 2.24) is 21.3 Å². The van der Waals surface area contributed by atoms with E-state index >= 15 is 0 Å². The third-order valence-corrected chi connectivity index (χ3v) is 6.40. The molecule has 0 radical (unpaired) electrons. The standard InChI is InChI=1S/C31H36N4O5/c1-22-9-5-6-12-26(22)20-34-31(40)32-18-8-7-13-28(36)33-21-29(37)35-27(19-30(38)39)25-16-14-24(15-17-25)23-10-3-2-4-11-23/h2-6,9-12,14-17,27H,7-8,13,18-21H2,1H3,(H,33,36)(H,35,37)(H,38,39)(H2,32,34,40). The molecule has 0 aromatic heterocycles. The molecule has 0 saturated heterocycles. The first-order valence-electron chi connectivity index (χ1n) is 13.3. The molecule has 0 saturated carbocycles. The van der Waals surface area contributed by atoms with Gasteiger partial charge in [-0.3, -0.25) is 14.4 Å². The Balaban J connectivity index is 1.34. The van der Waals surface area contributed by atoms with Crippen molar-refractivity contribution < 1.29 is 24.3 Å². The summed E-state index contributed by atoms with van der Waals surface area (Å²) >= 11 is 0. The second-order valence-electron chi connectivity index (χ2n) is 9.48. The molecule has 0 bridgehead atoms. The van der Waals surface area contributed by atoms with Crippen molar-refractivity contribution in [2.45, 2.75) is 45.2 Å². The topological polar surface area (TPSA) is 137 Å². The molecule has 0 fully saturated rings. The monoisotopic (exact) mass is 544 g/mol. The predicted octanol–water partition coefficient (Wildman–Crippen LogP) is 4.08. The van der Waals surface area contributed by atoms with Crippen molar-refractivity contribution in [3.05, 3.63) is 95.6 Å². The molecule has 0 aliphatic rings. The van der Waals surface area contributed by atoms with Gasteiger partial charge in [0.05, 0.1) is 19.0 Å². The zero-order valence-corrected chi connectivity index (χ0v) is 22.6. The minimum Gasteiger partial charge on any atom is -0.481 e. The van der Waals surface area contributed by atoms with E-state index in [-0.39, 0.29) is 31.3 Å². The van der Waals surface area contributed by atoms with Crippen LogP contribution in [0.2, 0.25) is 0 Å². The van der Waals surface area contributed by atoms with Gasteiger partial charge in [-0.15, -0.1) is 0 Å². The molecule has 9 heteroatoms. The Hall–Kier alpha value is -4.66. The van der Waals surface area contributed by atoms with Gasteiger partial charge < -0.3 is 26.4 Å². The van der Waals surface area contributed by atoms with Crippen LogP contribution in [0.1, 0.15) is 48.4 Å². The van der Waals surface area contributed by atoms with Gasteiger partial charge in [-0.2, -0.15) is 0 Å². The molecule has 0 aliphatic heterocycles. The van der Waals surface area contributed by atoms with Gasteiger partial charge >= 0.3 is 12.0 Å². The maximum Gasteiger partial charge on any atom is 0.315 e. The van der Waals surface area contributed by atoms with Gasteiger partial charge in [0.15, 0.2) is 0 Å². The third-order valence-electron chi connectivity index (χ3n) is 6.40. The number of unbranched alkanes of at least 4 members (excludes halogenated alkanes) is 1. The second kappa shape index (κ2) is 15.7. The summed E-state index contributed by atoms with van der Waals surface area (Å²) in [6.45, 7) is 2.60. The van der Waals surface area contributed by atoms with E-state index < -0.39 is 17.9 Å². The third kappa shape index (κ3) is 10.2. The molecule has 3 rings (SSSR count). The van der Waals surface area contributed by atoms with Crippen LogP contribution in [-0.2, 0) is 20.9 Å². The lowest BCUT2D eigenvalue weighted by Gasteiger charge is -2.18. The Kier molecular flexibility index (Phi) is 11.7. The molecule has 0 spiro atoms. The number of aliphatic carboxylic acids is 1. The number of carbonyl (C=O) groups is 4. The van der Waals surface area contributed by atoms with Crippen LogP contribution in [0.15, 0.2) is 78.9 Å². The first-order chi connectivity index (χ1) is 19.3. The number of hydrogen-bond donors (Lipinski definition) is 5. The van der Waals surface area contributed by atoms with Gasteiger partial charge in [0, 0.05) is 19.5 Å². The largest absolute Gasteiger partial charge is 0.481 e. The van der Waals surface area contributed by atoms with Crippen molar-refractivity contribution in [2.24, 2.45) is 0 Å². The summed E-state index contributed by atoms with van der Waals surface area (Å²) in [7, 11) is 0. The zero-order valence-electron chi connectivity index (χ0n) is 22.6. The molecule has 210 valence electrons. The maximum atomic E-state index is 12.5. The maximum absolute atomic E-state index is 12.5. The number of hydrogen-bond acceptors (Lipinski definition) is 4. The number of aryl methyl sites for hydroxylation is 1. The molecule has 9 nitrogen and oxygen atoms in total. The fraction of sp³-hybridized carbons (Fsp3) is 0.290. The molecule has 1 unspecified atom stereocenters. The van der Waals surface area contributed by atoms with Crippen LogP contribution < -0.4 is 21.3 Å². The zero-order chi connectivity index (χ0) is 28.7. The minimum atomic E-state index is -1.04. The fourth-order valence-electron chi connectivity index (χ4n) is 4.14. The summed E-state index contributed by atoms with van der Waals surface area (Å²) in [5.74, 6) is -1.81. The average molecular weight is 545 g/mol. The number of nitrogens with one attached hydrogen (secondary N) is 4. The molecule has 0 heterocycles. The van der Waals surface area contributed by atoms with Crippen LogP contribution in [0.3, 0.4) is 0 Å². The molecule has 40 heavy (non-hydrogen) atoms. The Morgan fingerprint density at radius 2 is 1.43 bits per heavy atom. The fourth-order valence-corrected chi connectivity index (χ4v) is 4.14. The number of carboxylic acid groups (broad SMARTS) is 1. The van der Waals surface area contributed by atoms with E-state index in [1.807, 2.05) is 73.7 Å². The Labute approximate surface area is 234 Å². The van der Waals surface area contributed by atoms with Gasteiger partial charge in [0.2, 0.25) is 11.8 Å². The van der Waals surface area contributed by atoms with E-state index in [0.717, 1.165) is 22.3 Å². The van der Waals surface area contributed by atoms with Crippen molar-refractivity contribution >= 4 is 23.8 Å². The quantitative estimate of drug-likeness (QED) is 0.195. The first kappa shape index (κ1) is 29.9.